The molecule has 0 radical (unpaired) electrons. The minimum absolute atomic E-state index is 0.0633. The van der Waals surface area contributed by atoms with Crippen LogP contribution in [0.4, 0.5) is 0 Å². The van der Waals surface area contributed by atoms with Crippen molar-refractivity contribution in [2.75, 3.05) is 16.5 Å². The van der Waals surface area contributed by atoms with Gasteiger partial charge in [0.25, 0.3) is 0 Å². The van der Waals surface area contributed by atoms with Crippen molar-refractivity contribution in [2.24, 2.45) is 0 Å². The average molecular weight is 339 g/mol. The quantitative estimate of drug-likeness (QED) is 0.528. The van der Waals surface area contributed by atoms with Gasteiger partial charge in [0.1, 0.15) is 0 Å². The Kier molecular flexibility index (Phi) is 18.8. The summed E-state index contributed by atoms with van der Waals surface area (Å²) in [5.41, 5.74) is 0. The molecule has 0 amide bonds. The molecule has 0 aliphatic rings. The standard InChI is InChI=1S/C4H6Br2.C4H6Cl2/c5-3-1-2-4-6;1-2-4(6)3-5/h1-2H,3-4H2;2,4H,1,3H2/b2-1+;. The lowest BCUT2D eigenvalue weighted by atomic mass is 10.5. The molecule has 0 heterocycles. The molecule has 1 atom stereocenters. The van der Waals surface area contributed by atoms with E-state index in [0.717, 1.165) is 10.7 Å². The van der Waals surface area contributed by atoms with Crippen LogP contribution < -0.4 is 0 Å². The van der Waals surface area contributed by atoms with Gasteiger partial charge in [-0.25, -0.2) is 0 Å². The summed E-state index contributed by atoms with van der Waals surface area (Å²) < 4.78 is 0. The predicted octanol–water partition coefficient (Wildman–Crippen LogP) is 4.35. The first-order chi connectivity index (χ1) is 5.72. The van der Waals surface area contributed by atoms with Crippen LogP contribution in [0.2, 0.25) is 0 Å². The molecule has 72 valence electrons. The topological polar surface area (TPSA) is 0 Å². The SMILES string of the molecule is BrC/C=C/CBr.C=CC(Cl)CCl. The maximum absolute atomic E-state index is 5.40. The van der Waals surface area contributed by atoms with E-state index in [0.29, 0.717) is 5.88 Å². The lowest BCUT2D eigenvalue weighted by molar-refractivity contribution is 1.25. The number of allylic oxidation sites excluding steroid dienone is 3. The molecular weight excluding hydrogens is 327 g/mol. The lowest BCUT2D eigenvalue weighted by Crippen LogP contribution is -1.90. The highest BCUT2D eigenvalue weighted by atomic mass is 79.9. The number of halogens is 4. The molecule has 0 fully saturated rings. The normalized spacial score (nSPS) is 12.0. The fourth-order valence-electron chi connectivity index (χ4n) is 0.189. The van der Waals surface area contributed by atoms with Gasteiger partial charge in [0.05, 0.1) is 5.38 Å². The Bertz CT molecular complexity index is 110. The summed E-state index contributed by atoms with van der Waals surface area (Å²) in [4.78, 5) is 0. The molecule has 0 aromatic carbocycles. The smallest absolute Gasteiger partial charge is 0.0648 e. The first-order valence-corrected chi connectivity index (χ1v) is 6.53. The van der Waals surface area contributed by atoms with Crippen molar-refractivity contribution < 1.29 is 0 Å². The van der Waals surface area contributed by atoms with Crippen LogP contribution in [0, 0.1) is 0 Å². The highest BCUT2D eigenvalue weighted by molar-refractivity contribution is 9.09. The second-order valence-corrected chi connectivity index (χ2v) is 3.85. The van der Waals surface area contributed by atoms with E-state index in [1.807, 2.05) is 0 Å². The van der Waals surface area contributed by atoms with E-state index in [-0.39, 0.29) is 5.38 Å². The van der Waals surface area contributed by atoms with E-state index in [4.69, 9.17) is 23.2 Å². The lowest BCUT2D eigenvalue weighted by Gasteiger charge is -1.89. The molecule has 0 aliphatic carbocycles. The van der Waals surface area contributed by atoms with E-state index in [1.54, 1.807) is 6.08 Å². The van der Waals surface area contributed by atoms with Gasteiger partial charge in [-0.3, -0.25) is 0 Å². The van der Waals surface area contributed by atoms with Crippen LogP contribution in [0.5, 0.6) is 0 Å². The van der Waals surface area contributed by atoms with E-state index in [1.165, 1.54) is 0 Å². The third-order valence-corrected chi connectivity index (χ3v) is 2.32. The van der Waals surface area contributed by atoms with Crippen LogP contribution in [0.3, 0.4) is 0 Å². The zero-order chi connectivity index (χ0) is 9.82. The van der Waals surface area contributed by atoms with Crippen molar-refractivity contribution >= 4 is 55.1 Å². The molecule has 4 heteroatoms. The van der Waals surface area contributed by atoms with E-state index in [2.05, 4.69) is 50.6 Å². The minimum Gasteiger partial charge on any atom is -0.125 e. The summed E-state index contributed by atoms with van der Waals surface area (Å²) in [5, 5.41) is 1.85. The molecular formula is C8H12Br2Cl2. The molecule has 0 bridgehead atoms. The summed E-state index contributed by atoms with van der Waals surface area (Å²) in [6.07, 6.45) is 5.71. The molecule has 12 heavy (non-hydrogen) atoms. The molecule has 0 saturated carbocycles. The van der Waals surface area contributed by atoms with Crippen LogP contribution in [-0.2, 0) is 0 Å². The second-order valence-electron chi connectivity index (χ2n) is 1.69. The molecule has 0 aliphatic heterocycles. The van der Waals surface area contributed by atoms with Gasteiger partial charge in [-0.2, -0.15) is 0 Å². The van der Waals surface area contributed by atoms with Crippen LogP contribution in [0.15, 0.2) is 24.8 Å². The second kappa shape index (κ2) is 14.5. The molecule has 0 spiro atoms. The summed E-state index contributed by atoms with van der Waals surface area (Å²) in [7, 11) is 0. The molecule has 0 N–H and O–H groups in total. The van der Waals surface area contributed by atoms with Gasteiger partial charge in [0.2, 0.25) is 0 Å². The van der Waals surface area contributed by atoms with Gasteiger partial charge in [0.15, 0.2) is 0 Å². The minimum atomic E-state index is -0.0633. The molecule has 0 aromatic heterocycles. The van der Waals surface area contributed by atoms with Crippen molar-refractivity contribution in [3.8, 4) is 0 Å². The zero-order valence-electron chi connectivity index (χ0n) is 6.65. The molecule has 1 unspecified atom stereocenters. The first-order valence-electron chi connectivity index (χ1n) is 3.32. The van der Waals surface area contributed by atoms with Crippen molar-refractivity contribution in [2.45, 2.75) is 5.38 Å². The Morgan fingerprint density at radius 1 is 1.25 bits per heavy atom. The van der Waals surface area contributed by atoms with Crippen molar-refractivity contribution in [3.63, 3.8) is 0 Å². The van der Waals surface area contributed by atoms with Crippen molar-refractivity contribution in [1.82, 2.24) is 0 Å². The van der Waals surface area contributed by atoms with E-state index >= 15 is 0 Å². The number of hydrogen-bond acceptors (Lipinski definition) is 0. The Balaban J connectivity index is 0. The van der Waals surface area contributed by atoms with Gasteiger partial charge in [-0.15, -0.1) is 29.8 Å². The third-order valence-electron chi connectivity index (χ3n) is 0.748. The number of hydrogen-bond donors (Lipinski definition) is 0. The van der Waals surface area contributed by atoms with Crippen LogP contribution in [-0.4, -0.2) is 21.9 Å². The first kappa shape index (κ1) is 15.5. The van der Waals surface area contributed by atoms with Crippen molar-refractivity contribution in [3.05, 3.63) is 24.8 Å². The maximum Gasteiger partial charge on any atom is 0.0648 e. The Labute approximate surface area is 101 Å². The third kappa shape index (κ3) is 17.2. The Morgan fingerprint density at radius 2 is 1.67 bits per heavy atom. The van der Waals surface area contributed by atoms with Crippen LogP contribution >= 0.6 is 55.1 Å². The Morgan fingerprint density at radius 3 is 1.75 bits per heavy atom. The van der Waals surface area contributed by atoms with Gasteiger partial charge in [-0.1, -0.05) is 50.1 Å². The maximum atomic E-state index is 5.40. The van der Waals surface area contributed by atoms with Gasteiger partial charge >= 0.3 is 0 Å². The number of alkyl halides is 4. The molecule has 0 aromatic rings. The van der Waals surface area contributed by atoms with E-state index in [9.17, 15) is 0 Å². The summed E-state index contributed by atoms with van der Waals surface area (Å²) >= 11 is 17.1. The van der Waals surface area contributed by atoms with Crippen molar-refractivity contribution in [1.29, 1.82) is 0 Å². The average Bonchev–Trinajstić information content (AvgIpc) is 2.14. The summed E-state index contributed by atoms with van der Waals surface area (Å²) in [5.74, 6) is 0.449. The van der Waals surface area contributed by atoms with Gasteiger partial charge in [-0.05, 0) is 0 Å². The number of rotatable bonds is 4. The summed E-state index contributed by atoms with van der Waals surface area (Å²) in [6, 6.07) is 0. The van der Waals surface area contributed by atoms with Crippen LogP contribution in [0.1, 0.15) is 0 Å². The van der Waals surface area contributed by atoms with Crippen LogP contribution in [0.25, 0.3) is 0 Å². The molecule has 0 saturated heterocycles. The monoisotopic (exact) mass is 336 g/mol. The predicted molar refractivity (Wildman–Crippen MR) is 67.3 cm³/mol. The molecule has 0 nitrogen and oxygen atoms in total. The fourth-order valence-corrected chi connectivity index (χ4v) is 0.844. The highest BCUT2D eigenvalue weighted by Crippen LogP contribution is 1.96. The zero-order valence-corrected chi connectivity index (χ0v) is 11.3. The fraction of sp³-hybridized carbons (Fsp3) is 0.500. The largest absolute Gasteiger partial charge is 0.125 e. The highest BCUT2D eigenvalue weighted by Gasteiger charge is 1.89. The van der Waals surface area contributed by atoms with Gasteiger partial charge < -0.3 is 0 Å². The summed E-state index contributed by atoms with van der Waals surface area (Å²) in [6.45, 7) is 3.42. The Hall–Kier alpha value is 1.02. The van der Waals surface area contributed by atoms with Gasteiger partial charge in [0, 0.05) is 16.5 Å². The van der Waals surface area contributed by atoms with E-state index < -0.39 is 0 Å². The molecule has 0 rings (SSSR count).